The van der Waals surface area contributed by atoms with E-state index >= 15 is 0 Å². The summed E-state index contributed by atoms with van der Waals surface area (Å²) < 4.78 is 0. The van der Waals surface area contributed by atoms with E-state index in [9.17, 15) is 4.79 Å². The molecule has 0 fully saturated rings. The molecule has 1 aromatic heterocycles. The van der Waals surface area contributed by atoms with Crippen molar-refractivity contribution in [3.8, 4) is 0 Å². The fourth-order valence-corrected chi connectivity index (χ4v) is 2.32. The molecule has 0 aliphatic carbocycles. The standard InChI is InChI=1S/C18H22ClN5O.HI/c1-2-21-18(24-12-14-5-3-7-16(19)11-14)23-10-9-22-17(25)15-6-4-8-20-13-15;/h3-8,11,13H,2,9-10,12H2,1H3,(H,22,25)(H2,21,23,24);1H. The number of halogens is 2. The van der Waals surface area contributed by atoms with E-state index in [1.54, 1.807) is 24.5 Å². The Morgan fingerprint density at radius 1 is 1.15 bits per heavy atom. The van der Waals surface area contributed by atoms with Crippen LogP contribution in [0, 0.1) is 0 Å². The maximum absolute atomic E-state index is 11.9. The van der Waals surface area contributed by atoms with Crippen LogP contribution in [0.4, 0.5) is 0 Å². The van der Waals surface area contributed by atoms with Crippen molar-refractivity contribution in [3.05, 3.63) is 64.9 Å². The van der Waals surface area contributed by atoms with Gasteiger partial charge in [0.15, 0.2) is 5.96 Å². The molecule has 0 aliphatic heterocycles. The number of hydrogen-bond acceptors (Lipinski definition) is 3. The molecule has 0 saturated heterocycles. The number of nitrogens with one attached hydrogen (secondary N) is 3. The molecule has 0 aliphatic rings. The number of benzene rings is 1. The average molecular weight is 488 g/mol. The van der Waals surface area contributed by atoms with Gasteiger partial charge in [0.1, 0.15) is 0 Å². The van der Waals surface area contributed by atoms with Crippen LogP contribution in [-0.4, -0.2) is 36.5 Å². The van der Waals surface area contributed by atoms with Crippen molar-refractivity contribution in [2.75, 3.05) is 19.6 Å². The summed E-state index contributed by atoms with van der Waals surface area (Å²) in [7, 11) is 0. The predicted molar refractivity (Wildman–Crippen MR) is 116 cm³/mol. The third kappa shape index (κ3) is 8.01. The fourth-order valence-electron chi connectivity index (χ4n) is 2.10. The van der Waals surface area contributed by atoms with Crippen LogP contribution in [0.3, 0.4) is 0 Å². The molecule has 0 saturated carbocycles. The van der Waals surface area contributed by atoms with E-state index in [1.165, 1.54) is 0 Å². The maximum atomic E-state index is 11.9. The number of amides is 1. The normalized spacial score (nSPS) is 10.6. The smallest absolute Gasteiger partial charge is 0.252 e. The first kappa shape index (κ1) is 22.2. The Morgan fingerprint density at radius 2 is 1.96 bits per heavy atom. The maximum Gasteiger partial charge on any atom is 0.252 e. The molecule has 0 bridgehead atoms. The third-order valence-electron chi connectivity index (χ3n) is 3.28. The summed E-state index contributed by atoms with van der Waals surface area (Å²) in [4.78, 5) is 20.4. The second-order valence-electron chi connectivity index (χ2n) is 5.25. The van der Waals surface area contributed by atoms with Gasteiger partial charge in [0.05, 0.1) is 12.1 Å². The number of pyridine rings is 1. The van der Waals surface area contributed by atoms with Crippen LogP contribution < -0.4 is 16.0 Å². The third-order valence-corrected chi connectivity index (χ3v) is 3.51. The van der Waals surface area contributed by atoms with Gasteiger partial charge in [-0.2, -0.15) is 0 Å². The van der Waals surface area contributed by atoms with Crippen molar-refractivity contribution >= 4 is 47.4 Å². The molecule has 3 N–H and O–H groups in total. The Hall–Kier alpha value is -1.87. The van der Waals surface area contributed by atoms with Gasteiger partial charge < -0.3 is 16.0 Å². The molecule has 8 heteroatoms. The van der Waals surface area contributed by atoms with Crippen molar-refractivity contribution in [2.45, 2.75) is 13.5 Å². The van der Waals surface area contributed by atoms with Gasteiger partial charge in [0.25, 0.3) is 5.91 Å². The van der Waals surface area contributed by atoms with Crippen LogP contribution >= 0.6 is 35.6 Å². The lowest BCUT2D eigenvalue weighted by molar-refractivity contribution is 0.0954. The Kier molecular flexibility index (Phi) is 10.6. The summed E-state index contributed by atoms with van der Waals surface area (Å²) in [5.74, 6) is 0.550. The Morgan fingerprint density at radius 3 is 2.65 bits per heavy atom. The van der Waals surface area contributed by atoms with Crippen LogP contribution in [0.5, 0.6) is 0 Å². The highest BCUT2D eigenvalue weighted by atomic mass is 127. The van der Waals surface area contributed by atoms with E-state index in [-0.39, 0.29) is 29.9 Å². The molecular weight excluding hydrogens is 465 g/mol. The summed E-state index contributed by atoms with van der Waals surface area (Å²) in [6.45, 7) is 4.32. The molecular formula is C18H23ClIN5O. The summed E-state index contributed by atoms with van der Waals surface area (Å²) in [5, 5.41) is 9.89. The summed E-state index contributed by atoms with van der Waals surface area (Å²) >= 11 is 5.98. The van der Waals surface area contributed by atoms with E-state index in [1.807, 2.05) is 31.2 Å². The van der Waals surface area contributed by atoms with E-state index in [2.05, 4.69) is 25.9 Å². The number of aromatic nitrogens is 1. The van der Waals surface area contributed by atoms with Crippen molar-refractivity contribution in [1.82, 2.24) is 20.9 Å². The molecule has 1 heterocycles. The lowest BCUT2D eigenvalue weighted by Gasteiger charge is -2.12. The van der Waals surface area contributed by atoms with Gasteiger partial charge in [-0.15, -0.1) is 24.0 Å². The first-order chi connectivity index (χ1) is 12.2. The lowest BCUT2D eigenvalue weighted by atomic mass is 10.2. The summed E-state index contributed by atoms with van der Waals surface area (Å²) in [6, 6.07) is 11.1. The van der Waals surface area contributed by atoms with E-state index in [4.69, 9.17) is 11.6 Å². The van der Waals surface area contributed by atoms with Crippen LogP contribution in [0.1, 0.15) is 22.8 Å². The molecule has 2 aromatic rings. The minimum absolute atomic E-state index is 0. The summed E-state index contributed by atoms with van der Waals surface area (Å²) in [6.07, 6.45) is 3.18. The lowest BCUT2D eigenvalue weighted by Crippen LogP contribution is -2.41. The van der Waals surface area contributed by atoms with Crippen LogP contribution in [0.15, 0.2) is 53.8 Å². The molecule has 0 radical (unpaired) electrons. The Balaban J connectivity index is 0.00000338. The van der Waals surface area contributed by atoms with Gasteiger partial charge in [-0.25, -0.2) is 4.99 Å². The Bertz CT molecular complexity index is 712. The molecule has 140 valence electrons. The van der Waals surface area contributed by atoms with Crippen molar-refractivity contribution in [1.29, 1.82) is 0 Å². The van der Waals surface area contributed by atoms with Gasteiger partial charge in [0.2, 0.25) is 0 Å². The van der Waals surface area contributed by atoms with Crippen molar-refractivity contribution in [3.63, 3.8) is 0 Å². The van der Waals surface area contributed by atoms with Crippen LogP contribution in [0.25, 0.3) is 0 Å². The molecule has 26 heavy (non-hydrogen) atoms. The molecule has 0 atom stereocenters. The van der Waals surface area contributed by atoms with Gasteiger partial charge in [0, 0.05) is 37.1 Å². The van der Waals surface area contributed by atoms with E-state index < -0.39 is 0 Å². The van der Waals surface area contributed by atoms with Gasteiger partial charge >= 0.3 is 0 Å². The number of guanidine groups is 1. The first-order valence-electron chi connectivity index (χ1n) is 8.14. The number of carbonyl (C=O) groups is 1. The largest absolute Gasteiger partial charge is 0.357 e. The zero-order chi connectivity index (χ0) is 17.9. The highest BCUT2D eigenvalue weighted by molar-refractivity contribution is 14.0. The van der Waals surface area contributed by atoms with Crippen LogP contribution in [0.2, 0.25) is 5.02 Å². The van der Waals surface area contributed by atoms with Gasteiger partial charge in [-0.1, -0.05) is 23.7 Å². The van der Waals surface area contributed by atoms with Crippen molar-refractivity contribution < 1.29 is 4.79 Å². The highest BCUT2D eigenvalue weighted by Crippen LogP contribution is 2.11. The predicted octanol–water partition coefficient (Wildman–Crippen LogP) is 2.84. The Labute approximate surface area is 175 Å². The monoisotopic (exact) mass is 487 g/mol. The fraction of sp³-hybridized carbons (Fsp3) is 0.278. The van der Waals surface area contributed by atoms with Gasteiger partial charge in [-0.3, -0.25) is 9.78 Å². The molecule has 6 nitrogen and oxygen atoms in total. The van der Waals surface area contributed by atoms with Gasteiger partial charge in [-0.05, 0) is 36.8 Å². The van der Waals surface area contributed by atoms with Crippen molar-refractivity contribution in [2.24, 2.45) is 4.99 Å². The highest BCUT2D eigenvalue weighted by Gasteiger charge is 2.04. The quantitative estimate of drug-likeness (QED) is 0.243. The second-order valence-corrected chi connectivity index (χ2v) is 5.69. The molecule has 0 spiro atoms. The SMILES string of the molecule is CCNC(=NCc1cccc(Cl)c1)NCCNC(=O)c1cccnc1.I. The average Bonchev–Trinajstić information content (AvgIpc) is 2.63. The zero-order valence-electron chi connectivity index (χ0n) is 14.5. The molecule has 1 amide bonds. The molecule has 1 aromatic carbocycles. The second kappa shape index (κ2) is 12.5. The number of aliphatic imine (C=N–C) groups is 1. The molecule has 0 unspecified atom stereocenters. The number of carbonyl (C=O) groups excluding carboxylic acids is 1. The number of rotatable bonds is 7. The minimum atomic E-state index is -0.143. The number of nitrogens with zero attached hydrogens (tertiary/aromatic N) is 2. The summed E-state index contributed by atoms with van der Waals surface area (Å²) in [5.41, 5.74) is 1.58. The zero-order valence-corrected chi connectivity index (χ0v) is 17.6. The molecule has 2 rings (SSSR count). The van der Waals surface area contributed by atoms with Crippen LogP contribution in [-0.2, 0) is 6.54 Å². The van der Waals surface area contributed by atoms with E-state index in [0.29, 0.717) is 36.2 Å². The van der Waals surface area contributed by atoms with E-state index in [0.717, 1.165) is 12.1 Å². The topological polar surface area (TPSA) is 78.4 Å². The minimum Gasteiger partial charge on any atom is -0.357 e. The number of hydrogen-bond donors (Lipinski definition) is 3. The first-order valence-corrected chi connectivity index (χ1v) is 8.51.